The number of rotatable bonds is 6. The Bertz CT molecular complexity index is 1230. The van der Waals surface area contributed by atoms with Gasteiger partial charge in [-0.25, -0.2) is 9.18 Å². The van der Waals surface area contributed by atoms with Gasteiger partial charge < -0.3 is 23.9 Å². The molecule has 1 aliphatic heterocycles. The van der Waals surface area contributed by atoms with E-state index in [1.54, 1.807) is 0 Å². The number of halogens is 5. The van der Waals surface area contributed by atoms with Crippen molar-refractivity contribution < 1.29 is 45.7 Å². The van der Waals surface area contributed by atoms with E-state index in [-0.39, 0.29) is 29.3 Å². The van der Waals surface area contributed by atoms with E-state index in [2.05, 4.69) is 4.98 Å². The normalized spacial score (nSPS) is 24.0. The zero-order chi connectivity index (χ0) is 27.2. The van der Waals surface area contributed by atoms with Gasteiger partial charge in [-0.15, -0.1) is 0 Å². The summed E-state index contributed by atoms with van der Waals surface area (Å²) in [6, 6.07) is 1.85. The SMILES string of the molecule is CCOC(=O)c1c([C@@H]2O[C@@](C)(C(F)(F)F)[C@@H](C)[C@H]2c2ccc(F)c(F)c2OC)[nH]c(C)c(OC)c1=O. The molecule has 0 amide bonds. The van der Waals surface area contributed by atoms with Gasteiger partial charge in [0.1, 0.15) is 11.7 Å². The monoisotopic (exact) mass is 519 g/mol. The van der Waals surface area contributed by atoms with Gasteiger partial charge in [-0.3, -0.25) is 4.79 Å². The Labute approximate surface area is 203 Å². The predicted octanol–water partition coefficient (Wildman–Crippen LogP) is 4.97. The number of carbonyl (C=O) groups is 1. The number of pyridine rings is 1. The number of aryl methyl sites for hydroxylation is 1. The van der Waals surface area contributed by atoms with Gasteiger partial charge in [0.05, 0.1) is 32.2 Å². The summed E-state index contributed by atoms with van der Waals surface area (Å²) in [6.45, 7) is 4.83. The van der Waals surface area contributed by atoms with Crippen molar-refractivity contribution in [2.75, 3.05) is 20.8 Å². The smallest absolute Gasteiger partial charge is 0.417 e. The molecule has 36 heavy (non-hydrogen) atoms. The highest BCUT2D eigenvalue weighted by atomic mass is 19.4. The number of methoxy groups -OCH3 is 2. The molecule has 0 saturated carbocycles. The summed E-state index contributed by atoms with van der Waals surface area (Å²) in [7, 11) is 2.24. The summed E-state index contributed by atoms with van der Waals surface area (Å²) in [6.07, 6.45) is -6.54. The highest BCUT2D eigenvalue weighted by molar-refractivity contribution is 5.91. The molecule has 1 aromatic carbocycles. The summed E-state index contributed by atoms with van der Waals surface area (Å²) in [5.41, 5.74) is -4.67. The maximum Gasteiger partial charge on any atom is 0.417 e. The van der Waals surface area contributed by atoms with E-state index in [1.165, 1.54) is 27.9 Å². The van der Waals surface area contributed by atoms with Gasteiger partial charge in [-0.05, 0) is 26.8 Å². The molecule has 1 fully saturated rings. The molecule has 2 aromatic rings. The van der Waals surface area contributed by atoms with Crippen LogP contribution in [0.2, 0.25) is 0 Å². The predicted molar refractivity (Wildman–Crippen MR) is 117 cm³/mol. The van der Waals surface area contributed by atoms with E-state index in [4.69, 9.17) is 18.9 Å². The van der Waals surface area contributed by atoms with Crippen LogP contribution in [-0.4, -0.2) is 43.6 Å². The van der Waals surface area contributed by atoms with Crippen molar-refractivity contribution in [2.24, 2.45) is 5.92 Å². The second-order valence-electron chi connectivity index (χ2n) is 8.56. The largest absolute Gasteiger partial charge is 0.493 e. The molecule has 1 aromatic heterocycles. The molecule has 1 aliphatic rings. The van der Waals surface area contributed by atoms with E-state index >= 15 is 0 Å². The third-order valence-electron chi connectivity index (χ3n) is 6.65. The summed E-state index contributed by atoms with van der Waals surface area (Å²) in [5.74, 6) is -7.37. The summed E-state index contributed by atoms with van der Waals surface area (Å²) < 4.78 is 92.1. The second kappa shape index (κ2) is 9.72. The lowest BCUT2D eigenvalue weighted by Gasteiger charge is -2.32. The maximum absolute atomic E-state index is 14.6. The quantitative estimate of drug-likeness (QED) is 0.429. The number of benzene rings is 1. The number of hydrogen-bond donors (Lipinski definition) is 1. The summed E-state index contributed by atoms with van der Waals surface area (Å²) in [4.78, 5) is 28.7. The molecule has 0 unspecified atom stereocenters. The van der Waals surface area contributed by atoms with Crippen molar-refractivity contribution in [3.63, 3.8) is 0 Å². The number of alkyl halides is 3. The van der Waals surface area contributed by atoms with E-state index < -0.39 is 64.1 Å². The molecule has 0 bridgehead atoms. The Morgan fingerprint density at radius 3 is 2.31 bits per heavy atom. The number of hydrogen-bond acceptors (Lipinski definition) is 6. The van der Waals surface area contributed by atoms with Crippen LogP contribution in [0.4, 0.5) is 22.0 Å². The molecule has 1 saturated heterocycles. The van der Waals surface area contributed by atoms with Gasteiger partial charge in [0.2, 0.25) is 11.2 Å². The number of ether oxygens (including phenoxy) is 4. The van der Waals surface area contributed by atoms with Crippen LogP contribution in [0.3, 0.4) is 0 Å². The first kappa shape index (κ1) is 27.4. The molecule has 3 rings (SSSR count). The maximum atomic E-state index is 14.6. The Hall–Kier alpha value is -3.15. The summed E-state index contributed by atoms with van der Waals surface area (Å²) >= 11 is 0. The molecule has 0 aliphatic carbocycles. The molecule has 7 nitrogen and oxygen atoms in total. The molecule has 0 radical (unpaired) electrons. The topological polar surface area (TPSA) is 86.8 Å². The fourth-order valence-electron chi connectivity index (χ4n) is 4.65. The Kier molecular flexibility index (Phi) is 7.41. The molecule has 4 atom stereocenters. The highest BCUT2D eigenvalue weighted by Gasteiger charge is 2.65. The minimum atomic E-state index is -4.91. The van der Waals surface area contributed by atoms with E-state index in [0.29, 0.717) is 0 Å². The number of aromatic nitrogens is 1. The third-order valence-corrected chi connectivity index (χ3v) is 6.65. The van der Waals surface area contributed by atoms with Crippen molar-refractivity contribution in [1.82, 2.24) is 4.98 Å². The third kappa shape index (κ3) is 4.21. The van der Waals surface area contributed by atoms with Crippen LogP contribution in [0.15, 0.2) is 16.9 Å². The van der Waals surface area contributed by atoms with Crippen LogP contribution < -0.4 is 14.9 Å². The van der Waals surface area contributed by atoms with Crippen LogP contribution >= 0.6 is 0 Å². The first-order chi connectivity index (χ1) is 16.7. The number of carbonyl (C=O) groups excluding carboxylic acids is 1. The van der Waals surface area contributed by atoms with Crippen molar-refractivity contribution in [1.29, 1.82) is 0 Å². The molecule has 198 valence electrons. The van der Waals surface area contributed by atoms with Gasteiger partial charge >= 0.3 is 12.1 Å². The zero-order valence-corrected chi connectivity index (χ0v) is 20.4. The minimum Gasteiger partial charge on any atom is -0.493 e. The Morgan fingerprint density at radius 1 is 1.17 bits per heavy atom. The average molecular weight is 519 g/mol. The lowest BCUT2D eigenvalue weighted by Crippen LogP contribution is -2.46. The number of aromatic amines is 1. The van der Waals surface area contributed by atoms with E-state index in [0.717, 1.165) is 26.2 Å². The number of nitrogens with one attached hydrogen (secondary N) is 1. The average Bonchev–Trinajstić information content (AvgIpc) is 3.07. The van der Waals surface area contributed by atoms with Crippen molar-refractivity contribution in [2.45, 2.75) is 51.5 Å². The van der Waals surface area contributed by atoms with Crippen LogP contribution in [-0.2, 0) is 9.47 Å². The lowest BCUT2D eigenvalue weighted by molar-refractivity contribution is -0.275. The fourth-order valence-corrected chi connectivity index (χ4v) is 4.65. The van der Waals surface area contributed by atoms with Crippen LogP contribution in [0.5, 0.6) is 11.5 Å². The number of H-pyrrole nitrogens is 1. The zero-order valence-electron chi connectivity index (χ0n) is 20.4. The lowest BCUT2D eigenvalue weighted by atomic mass is 9.76. The molecule has 2 heterocycles. The van der Waals surface area contributed by atoms with Crippen molar-refractivity contribution in [3.8, 4) is 11.5 Å². The van der Waals surface area contributed by atoms with Crippen LogP contribution in [0.25, 0.3) is 0 Å². The number of esters is 1. The molecule has 0 spiro atoms. The van der Waals surface area contributed by atoms with Gasteiger partial charge in [0.25, 0.3) is 0 Å². The Morgan fingerprint density at radius 2 is 1.78 bits per heavy atom. The first-order valence-electron chi connectivity index (χ1n) is 11.0. The van der Waals surface area contributed by atoms with Crippen molar-refractivity contribution >= 4 is 5.97 Å². The molecule has 12 heteroatoms. The minimum absolute atomic E-state index is 0.110. The van der Waals surface area contributed by atoms with Gasteiger partial charge in [0.15, 0.2) is 22.9 Å². The van der Waals surface area contributed by atoms with Crippen LogP contribution in [0.1, 0.15) is 60.1 Å². The van der Waals surface area contributed by atoms with Gasteiger partial charge in [-0.2, -0.15) is 17.6 Å². The van der Waals surface area contributed by atoms with Gasteiger partial charge in [-0.1, -0.05) is 13.0 Å². The molecule has 1 N–H and O–H groups in total. The Balaban J connectivity index is 2.40. The molecular formula is C24H26F5NO6. The van der Waals surface area contributed by atoms with E-state index in [9.17, 15) is 31.5 Å². The fraction of sp³-hybridized carbons (Fsp3) is 0.500. The molecular weight excluding hydrogens is 493 g/mol. The van der Waals surface area contributed by atoms with Crippen LogP contribution in [0, 0.1) is 24.5 Å². The second-order valence-corrected chi connectivity index (χ2v) is 8.56. The first-order valence-corrected chi connectivity index (χ1v) is 11.0. The highest BCUT2D eigenvalue weighted by Crippen LogP contribution is 2.59. The van der Waals surface area contributed by atoms with Gasteiger partial charge in [0, 0.05) is 17.4 Å². The van der Waals surface area contributed by atoms with E-state index in [1.807, 2.05) is 0 Å². The standard InChI is InChI=1S/C24H26F5NO6/c1-7-35-22(32)15-17(30-11(3)19(33-5)18(15)31)21-14(10(2)23(4,36-21)24(27,28)29)12-8-9-13(25)16(26)20(12)34-6/h8-10,14,21H,7H2,1-6H3,(H,30,31)/t10-,14-,21+,23+/m0/s1. The van der Waals surface area contributed by atoms with Crippen molar-refractivity contribution in [3.05, 3.63) is 56.5 Å². The summed E-state index contributed by atoms with van der Waals surface area (Å²) in [5, 5.41) is 0.